The Balaban J connectivity index is 1.36. The molecular weight excluding hydrogens is 524 g/mol. The number of methoxy groups -OCH3 is 1. The van der Waals surface area contributed by atoms with Crippen LogP contribution in [0.5, 0.6) is 11.5 Å². The average molecular weight is 549 g/mol. The molecule has 15 heteroatoms. The van der Waals surface area contributed by atoms with Crippen LogP contribution >= 0.6 is 21.6 Å². The maximum atomic E-state index is 11.4. The number of rotatable bonds is 9. The average Bonchev–Trinajstić information content (AvgIpc) is 3.49. The van der Waals surface area contributed by atoms with Crippen LogP contribution in [0.2, 0.25) is 0 Å². The number of piperazine rings is 1. The molecule has 3 aliphatic rings. The molecule has 2 saturated heterocycles. The highest BCUT2D eigenvalue weighted by Crippen LogP contribution is 2.63. The maximum Gasteiger partial charge on any atom is 0.409 e. The second-order valence-corrected chi connectivity index (χ2v) is 11.0. The van der Waals surface area contributed by atoms with Crippen LogP contribution in [-0.4, -0.2) is 70.0 Å². The molecule has 196 valence electrons. The zero-order chi connectivity index (χ0) is 26.5. The first kappa shape index (κ1) is 25.3. The van der Waals surface area contributed by atoms with Crippen LogP contribution < -0.4 is 21.3 Å². The van der Waals surface area contributed by atoms with Gasteiger partial charge in [0.25, 0.3) is 5.69 Å². The number of pyridine rings is 1. The van der Waals surface area contributed by atoms with Crippen molar-refractivity contribution in [1.29, 1.82) is 0 Å². The fraction of sp³-hybridized carbons (Fsp3) is 0.364. The quantitative estimate of drug-likeness (QED) is 0.0448. The Morgan fingerprint density at radius 3 is 2.89 bits per heavy atom. The molecule has 2 fully saturated rings. The number of nitrogens with zero attached hydrogens (tertiary/aromatic N) is 3. The second-order valence-electron chi connectivity index (χ2n) is 8.60. The van der Waals surface area contributed by atoms with Crippen molar-refractivity contribution in [2.45, 2.75) is 29.8 Å². The molecule has 0 spiro atoms. The van der Waals surface area contributed by atoms with E-state index in [0.717, 1.165) is 0 Å². The number of nitrogens with one attached hydrogen (secondary N) is 2. The van der Waals surface area contributed by atoms with Crippen LogP contribution in [0.3, 0.4) is 0 Å². The lowest BCUT2D eigenvalue weighted by Crippen LogP contribution is -2.50. The summed E-state index contributed by atoms with van der Waals surface area (Å²) in [7, 11) is 4.36. The molecule has 3 aliphatic heterocycles. The first-order chi connectivity index (χ1) is 17.7. The van der Waals surface area contributed by atoms with Crippen LogP contribution in [0.4, 0.5) is 21.9 Å². The van der Waals surface area contributed by atoms with E-state index in [2.05, 4.69) is 15.6 Å². The SMILES string of the molecule is CO[C@@]12C(=COC(N)=O)c3c(O)c(NCCSSc4ccc([N+](=O)[O-])cn4)c(C)c(O)c3N1C[C@@H]1N[C@@H]12. The number of amides is 1. The van der Waals surface area contributed by atoms with E-state index in [9.17, 15) is 25.1 Å². The number of nitro groups is 1. The second kappa shape index (κ2) is 9.48. The lowest BCUT2D eigenvalue weighted by Gasteiger charge is -2.35. The number of primary amides is 1. The first-order valence-electron chi connectivity index (χ1n) is 11.2. The summed E-state index contributed by atoms with van der Waals surface area (Å²) < 4.78 is 10.9. The molecular formula is C22H24N6O7S2. The molecule has 0 saturated carbocycles. The van der Waals surface area contributed by atoms with E-state index in [1.165, 1.54) is 47.2 Å². The fourth-order valence-electron chi connectivity index (χ4n) is 4.99. The number of phenols is 2. The monoisotopic (exact) mass is 548 g/mol. The Bertz CT molecular complexity index is 1310. The summed E-state index contributed by atoms with van der Waals surface area (Å²) in [4.78, 5) is 27.6. The van der Waals surface area contributed by atoms with Gasteiger partial charge in [-0.2, -0.15) is 0 Å². The highest BCUT2D eigenvalue weighted by molar-refractivity contribution is 8.76. The van der Waals surface area contributed by atoms with Crippen LogP contribution in [0, 0.1) is 17.0 Å². The largest absolute Gasteiger partial charge is 0.505 e. The summed E-state index contributed by atoms with van der Waals surface area (Å²) in [6, 6.07) is 2.98. The number of phenolic OH excluding ortho intramolecular Hbond substituents is 2. The Morgan fingerprint density at radius 2 is 2.24 bits per heavy atom. The number of nitrogens with two attached hydrogens (primary N) is 1. The molecule has 4 heterocycles. The minimum atomic E-state index is -1.08. The highest BCUT2D eigenvalue weighted by atomic mass is 33.1. The van der Waals surface area contributed by atoms with Gasteiger partial charge in [-0.3, -0.25) is 10.1 Å². The van der Waals surface area contributed by atoms with Crippen molar-refractivity contribution in [3.05, 3.63) is 45.8 Å². The standard InChI is InChI=1S/C22H24N6O7S2/c1-10-16(24-5-6-36-37-14-4-3-11(7-25-14)28(32)33)19(30)15-12(9-35-21(23)31)22(34-2)20-13(26-20)8-27(22)17(15)18(10)29/h3-4,7,9,13,20,24,26,29-30H,5-6,8H2,1-2H3,(H2,23,31)/t13-,20-,22+/m0/s1. The van der Waals surface area contributed by atoms with Crippen molar-refractivity contribution in [1.82, 2.24) is 10.3 Å². The van der Waals surface area contributed by atoms with Crippen molar-refractivity contribution in [2.24, 2.45) is 5.73 Å². The molecule has 6 N–H and O–H groups in total. The number of carbonyl (C=O) groups excluding carboxylic acids is 1. The van der Waals surface area contributed by atoms with E-state index in [4.69, 9.17) is 15.2 Å². The van der Waals surface area contributed by atoms with Gasteiger partial charge >= 0.3 is 6.09 Å². The number of anilines is 2. The molecule has 0 radical (unpaired) electrons. The third kappa shape index (κ3) is 4.07. The van der Waals surface area contributed by atoms with Gasteiger partial charge in [0.1, 0.15) is 29.0 Å². The number of hydrogen-bond donors (Lipinski definition) is 5. The van der Waals surface area contributed by atoms with Crippen LogP contribution in [-0.2, 0) is 9.47 Å². The number of fused-ring (bicyclic) bond motifs is 5. The Morgan fingerprint density at radius 1 is 1.46 bits per heavy atom. The van der Waals surface area contributed by atoms with E-state index in [0.29, 0.717) is 51.9 Å². The van der Waals surface area contributed by atoms with E-state index in [1.54, 1.807) is 13.0 Å². The van der Waals surface area contributed by atoms with Crippen LogP contribution in [0.15, 0.2) is 29.6 Å². The molecule has 0 aliphatic carbocycles. The molecule has 1 aromatic carbocycles. The summed E-state index contributed by atoms with van der Waals surface area (Å²) in [5.74, 6) is 0.468. The predicted molar refractivity (Wildman–Crippen MR) is 139 cm³/mol. The van der Waals surface area contributed by atoms with Gasteiger partial charge in [0.2, 0.25) is 0 Å². The van der Waals surface area contributed by atoms with Gasteiger partial charge in [0.15, 0.2) is 5.72 Å². The smallest absolute Gasteiger partial charge is 0.409 e. The Hall–Kier alpha value is -3.40. The third-order valence-electron chi connectivity index (χ3n) is 6.65. The summed E-state index contributed by atoms with van der Waals surface area (Å²) in [6.45, 7) is 2.66. The van der Waals surface area contributed by atoms with Crippen molar-refractivity contribution in [3.63, 3.8) is 0 Å². The molecule has 0 unspecified atom stereocenters. The predicted octanol–water partition coefficient (Wildman–Crippen LogP) is 2.51. The molecule has 13 nitrogen and oxygen atoms in total. The first-order valence-corrected chi connectivity index (χ1v) is 13.5. The number of aromatic hydroxyl groups is 2. The van der Waals surface area contributed by atoms with Gasteiger partial charge < -0.3 is 41.0 Å². The summed E-state index contributed by atoms with van der Waals surface area (Å²) in [5, 5.41) is 40.4. The zero-order valence-electron chi connectivity index (χ0n) is 19.8. The summed E-state index contributed by atoms with van der Waals surface area (Å²) >= 11 is 0. The number of aromatic nitrogens is 1. The van der Waals surface area contributed by atoms with E-state index in [1.807, 2.05) is 4.90 Å². The summed E-state index contributed by atoms with van der Waals surface area (Å²) in [6.07, 6.45) is 1.37. The third-order valence-corrected chi connectivity index (χ3v) is 8.91. The minimum Gasteiger partial charge on any atom is -0.505 e. The fourth-order valence-corrected chi connectivity index (χ4v) is 6.76. The van der Waals surface area contributed by atoms with Gasteiger partial charge in [-0.1, -0.05) is 10.8 Å². The van der Waals surface area contributed by atoms with E-state index < -0.39 is 16.7 Å². The summed E-state index contributed by atoms with van der Waals surface area (Å²) in [5.41, 5.74) is 5.94. The van der Waals surface area contributed by atoms with Gasteiger partial charge in [-0.05, 0) is 23.8 Å². The molecule has 1 amide bonds. The van der Waals surface area contributed by atoms with Crippen molar-refractivity contribution < 1.29 is 29.4 Å². The van der Waals surface area contributed by atoms with E-state index >= 15 is 0 Å². The van der Waals surface area contributed by atoms with Gasteiger partial charge in [0.05, 0.1) is 33.5 Å². The van der Waals surface area contributed by atoms with Crippen molar-refractivity contribution in [2.75, 3.05) is 36.2 Å². The molecule has 3 atom stereocenters. The molecule has 2 aromatic rings. The highest BCUT2D eigenvalue weighted by Gasteiger charge is 2.69. The van der Waals surface area contributed by atoms with Crippen LogP contribution in [0.1, 0.15) is 11.1 Å². The lowest BCUT2D eigenvalue weighted by atomic mass is 9.94. The Kier molecular flexibility index (Phi) is 6.47. The maximum absolute atomic E-state index is 11.4. The molecule has 0 bridgehead atoms. The van der Waals surface area contributed by atoms with Crippen molar-refractivity contribution in [3.8, 4) is 11.5 Å². The number of hydrogen-bond acceptors (Lipinski definition) is 13. The Labute approximate surface area is 218 Å². The van der Waals surface area contributed by atoms with Crippen molar-refractivity contribution >= 4 is 50.3 Å². The molecule has 5 rings (SSSR count). The number of carbonyl (C=O) groups is 1. The number of benzene rings is 1. The lowest BCUT2D eigenvalue weighted by molar-refractivity contribution is -0.385. The number of ether oxygens (including phenoxy) is 2. The van der Waals surface area contributed by atoms with Crippen LogP contribution in [0.25, 0.3) is 5.57 Å². The van der Waals surface area contributed by atoms with Gasteiger partial charge in [-0.15, -0.1) is 0 Å². The molecule has 1 aromatic heterocycles. The molecule has 37 heavy (non-hydrogen) atoms. The van der Waals surface area contributed by atoms with Gasteiger partial charge in [0, 0.05) is 43.6 Å². The topological polar surface area (TPSA) is 195 Å². The minimum absolute atomic E-state index is 0.0161. The van der Waals surface area contributed by atoms with E-state index in [-0.39, 0.29) is 29.3 Å². The van der Waals surface area contributed by atoms with Gasteiger partial charge in [-0.25, -0.2) is 9.78 Å². The zero-order valence-corrected chi connectivity index (χ0v) is 21.4. The normalized spacial score (nSPS) is 23.9.